The maximum absolute atomic E-state index is 13.5. The predicted molar refractivity (Wildman–Crippen MR) is 130 cm³/mol. The second-order valence-corrected chi connectivity index (χ2v) is 10.2. The third-order valence-corrected chi connectivity index (χ3v) is 7.66. The Morgan fingerprint density at radius 3 is 2.21 bits per heavy atom. The van der Waals surface area contributed by atoms with Crippen molar-refractivity contribution in [3.63, 3.8) is 0 Å². The van der Waals surface area contributed by atoms with Gasteiger partial charge in [-0.2, -0.15) is 4.31 Å². The van der Waals surface area contributed by atoms with Gasteiger partial charge in [0.25, 0.3) is 5.56 Å². The Hall–Kier alpha value is -3.49. The smallest absolute Gasteiger partial charge is 0.252 e. The van der Waals surface area contributed by atoms with Crippen molar-refractivity contribution < 1.29 is 17.5 Å². The molecule has 0 spiro atoms. The summed E-state index contributed by atoms with van der Waals surface area (Å²) in [6.07, 6.45) is 0. The molecular formula is C26H25FN2O4S. The number of ether oxygens (including phenoxy) is 1. The van der Waals surface area contributed by atoms with E-state index in [1.807, 2.05) is 26.0 Å². The highest BCUT2D eigenvalue weighted by Gasteiger charge is 2.26. The number of methoxy groups -OCH3 is 1. The first-order chi connectivity index (χ1) is 16.2. The van der Waals surface area contributed by atoms with Crippen LogP contribution in [0.4, 0.5) is 4.39 Å². The van der Waals surface area contributed by atoms with Gasteiger partial charge >= 0.3 is 0 Å². The van der Waals surface area contributed by atoms with Crippen LogP contribution in [0.25, 0.3) is 10.9 Å². The summed E-state index contributed by atoms with van der Waals surface area (Å²) in [7, 11) is -2.48. The van der Waals surface area contributed by atoms with Gasteiger partial charge in [-0.05, 0) is 90.5 Å². The average molecular weight is 481 g/mol. The zero-order valence-corrected chi connectivity index (χ0v) is 19.9. The fourth-order valence-corrected chi connectivity index (χ4v) is 5.15. The van der Waals surface area contributed by atoms with Crippen LogP contribution in [-0.4, -0.2) is 24.8 Å². The lowest BCUT2D eigenvalue weighted by atomic mass is 10.0. The molecule has 0 amide bonds. The summed E-state index contributed by atoms with van der Waals surface area (Å²) in [6.45, 7) is 3.82. The number of nitrogens with one attached hydrogen (secondary N) is 1. The second-order valence-electron chi connectivity index (χ2n) is 8.22. The Morgan fingerprint density at radius 1 is 0.912 bits per heavy atom. The van der Waals surface area contributed by atoms with Gasteiger partial charge in [-0.3, -0.25) is 4.79 Å². The number of pyridine rings is 1. The molecule has 0 atom stereocenters. The van der Waals surface area contributed by atoms with Crippen LogP contribution in [0.15, 0.2) is 76.4 Å². The number of rotatable bonds is 7. The van der Waals surface area contributed by atoms with Gasteiger partial charge in [0.2, 0.25) is 10.0 Å². The van der Waals surface area contributed by atoms with E-state index in [1.165, 1.54) is 16.4 Å². The molecule has 0 saturated heterocycles. The predicted octanol–water partition coefficient (Wildman–Crippen LogP) is 4.68. The molecule has 8 heteroatoms. The van der Waals surface area contributed by atoms with E-state index in [0.29, 0.717) is 16.8 Å². The van der Waals surface area contributed by atoms with Crippen molar-refractivity contribution in [2.75, 3.05) is 7.11 Å². The third kappa shape index (κ3) is 4.88. The molecule has 1 N–H and O–H groups in total. The number of aromatic nitrogens is 1. The lowest BCUT2D eigenvalue weighted by Gasteiger charge is -2.22. The molecule has 0 bridgehead atoms. The lowest BCUT2D eigenvalue weighted by Crippen LogP contribution is -2.32. The van der Waals surface area contributed by atoms with Crippen LogP contribution >= 0.6 is 0 Å². The molecule has 0 aliphatic heterocycles. The van der Waals surface area contributed by atoms with Gasteiger partial charge in [-0.25, -0.2) is 12.8 Å². The van der Waals surface area contributed by atoms with Crippen LogP contribution in [0, 0.1) is 19.7 Å². The number of fused-ring (bicyclic) bond motifs is 1. The lowest BCUT2D eigenvalue weighted by molar-refractivity contribution is 0.398. The molecule has 4 rings (SSSR count). The van der Waals surface area contributed by atoms with Crippen molar-refractivity contribution >= 4 is 20.9 Å². The van der Waals surface area contributed by atoms with Gasteiger partial charge < -0.3 is 9.72 Å². The molecule has 6 nitrogen and oxygen atoms in total. The molecule has 0 aliphatic carbocycles. The molecule has 3 aromatic carbocycles. The van der Waals surface area contributed by atoms with Crippen molar-refractivity contribution in [3.05, 3.63) is 105 Å². The molecule has 1 aromatic heterocycles. The Balaban J connectivity index is 1.77. The zero-order chi connectivity index (χ0) is 24.5. The van der Waals surface area contributed by atoms with Crippen LogP contribution in [-0.2, 0) is 23.1 Å². The molecule has 0 aliphatic rings. The van der Waals surface area contributed by atoms with Crippen molar-refractivity contribution in [2.24, 2.45) is 0 Å². The quantitative estimate of drug-likeness (QED) is 0.416. The fourth-order valence-electron chi connectivity index (χ4n) is 3.75. The number of halogens is 1. The maximum Gasteiger partial charge on any atom is 0.252 e. The first-order valence-corrected chi connectivity index (χ1v) is 12.1. The number of nitrogens with zero attached hydrogens (tertiary/aromatic N) is 1. The number of sulfonamides is 1. The average Bonchev–Trinajstić information content (AvgIpc) is 2.81. The molecule has 4 aromatic rings. The molecular weight excluding hydrogens is 455 g/mol. The molecule has 34 heavy (non-hydrogen) atoms. The molecule has 1 heterocycles. The van der Waals surface area contributed by atoms with E-state index in [0.717, 1.165) is 34.2 Å². The van der Waals surface area contributed by atoms with E-state index in [-0.39, 0.29) is 23.5 Å². The van der Waals surface area contributed by atoms with Gasteiger partial charge in [0, 0.05) is 24.2 Å². The van der Waals surface area contributed by atoms with Crippen LogP contribution in [0.5, 0.6) is 5.75 Å². The molecule has 0 saturated carbocycles. The fraction of sp³-hybridized carbons (Fsp3) is 0.192. The summed E-state index contributed by atoms with van der Waals surface area (Å²) in [5, 5.41) is 0.821. The van der Waals surface area contributed by atoms with E-state index < -0.39 is 15.8 Å². The minimum atomic E-state index is -4.03. The second kappa shape index (κ2) is 9.40. The van der Waals surface area contributed by atoms with Crippen molar-refractivity contribution in [3.8, 4) is 5.75 Å². The van der Waals surface area contributed by atoms with Crippen molar-refractivity contribution in [2.45, 2.75) is 31.8 Å². The summed E-state index contributed by atoms with van der Waals surface area (Å²) in [5.41, 5.74) is 3.49. The Labute approximate surface area is 197 Å². The summed E-state index contributed by atoms with van der Waals surface area (Å²) >= 11 is 0. The highest BCUT2D eigenvalue weighted by Crippen LogP contribution is 2.23. The highest BCUT2D eigenvalue weighted by molar-refractivity contribution is 7.89. The highest BCUT2D eigenvalue weighted by atomic mass is 32.2. The largest absolute Gasteiger partial charge is 0.497 e. The van der Waals surface area contributed by atoms with Crippen molar-refractivity contribution in [1.29, 1.82) is 0 Å². The number of aromatic amines is 1. The number of H-pyrrole nitrogens is 1. The van der Waals surface area contributed by atoms with Gasteiger partial charge in [0.1, 0.15) is 11.6 Å². The van der Waals surface area contributed by atoms with Gasteiger partial charge in [-0.15, -0.1) is 0 Å². The van der Waals surface area contributed by atoms with E-state index in [4.69, 9.17) is 4.74 Å². The van der Waals surface area contributed by atoms with Crippen LogP contribution < -0.4 is 10.3 Å². The Morgan fingerprint density at radius 2 is 1.56 bits per heavy atom. The number of benzene rings is 3. The number of hydrogen-bond donors (Lipinski definition) is 1. The zero-order valence-electron chi connectivity index (χ0n) is 19.1. The van der Waals surface area contributed by atoms with Gasteiger partial charge in [0.05, 0.1) is 12.0 Å². The third-order valence-electron chi connectivity index (χ3n) is 5.85. The SMILES string of the molecule is COc1ccc(CN(Cc2cc3cc(C)c(C)cc3[nH]c2=O)S(=O)(=O)c2ccc(F)cc2)cc1. The van der Waals surface area contributed by atoms with E-state index in [9.17, 15) is 17.6 Å². The summed E-state index contributed by atoms with van der Waals surface area (Å²) < 4.78 is 46.9. The van der Waals surface area contributed by atoms with Crippen molar-refractivity contribution in [1.82, 2.24) is 9.29 Å². The first-order valence-electron chi connectivity index (χ1n) is 10.7. The van der Waals surface area contributed by atoms with E-state index in [1.54, 1.807) is 37.4 Å². The first kappa shape index (κ1) is 23.7. The summed E-state index contributed by atoms with van der Waals surface area (Å²) in [5.74, 6) is 0.116. The Kier molecular flexibility index (Phi) is 6.54. The molecule has 0 radical (unpaired) electrons. The van der Waals surface area contributed by atoms with Crippen LogP contribution in [0.1, 0.15) is 22.3 Å². The normalized spacial score (nSPS) is 11.8. The Bertz CT molecular complexity index is 1500. The topological polar surface area (TPSA) is 79.5 Å². The van der Waals surface area contributed by atoms with E-state index >= 15 is 0 Å². The standard InChI is InChI=1S/C26H25FN2O4S/c1-17-12-20-14-21(26(30)28-25(20)13-18(17)2)16-29(15-19-4-8-23(33-3)9-5-19)34(31,32)24-10-6-22(27)7-11-24/h4-14H,15-16H2,1-3H3,(H,28,30). The molecule has 0 fully saturated rings. The maximum atomic E-state index is 13.5. The monoisotopic (exact) mass is 480 g/mol. The van der Waals surface area contributed by atoms with Gasteiger partial charge in [0.15, 0.2) is 0 Å². The molecule has 176 valence electrons. The van der Waals surface area contributed by atoms with E-state index in [2.05, 4.69) is 4.98 Å². The van der Waals surface area contributed by atoms with Crippen LogP contribution in [0.3, 0.4) is 0 Å². The summed E-state index contributed by atoms with van der Waals surface area (Å²) in [6, 6.07) is 17.3. The van der Waals surface area contributed by atoms with Crippen LogP contribution in [0.2, 0.25) is 0 Å². The minimum Gasteiger partial charge on any atom is -0.497 e. The summed E-state index contributed by atoms with van der Waals surface area (Å²) in [4.78, 5) is 15.7. The minimum absolute atomic E-state index is 0.0219. The van der Waals surface area contributed by atoms with Gasteiger partial charge in [-0.1, -0.05) is 12.1 Å². The molecule has 0 unspecified atom stereocenters. The number of aryl methyl sites for hydroxylation is 2. The number of hydrogen-bond acceptors (Lipinski definition) is 4.